The number of benzene rings is 1. The number of hydrogen-bond acceptors (Lipinski definition) is 4. The molecule has 1 heterocycles. The van der Waals surface area contributed by atoms with Crippen molar-refractivity contribution in [2.75, 3.05) is 56.7 Å². The Bertz CT molecular complexity index is 511. The maximum absolute atomic E-state index is 14.2. The quantitative estimate of drug-likeness (QED) is 0.812. The zero-order chi connectivity index (χ0) is 16.1. The summed E-state index contributed by atoms with van der Waals surface area (Å²) in [5.74, 6) is -1.33. The zero-order valence-corrected chi connectivity index (χ0v) is 12.3. The molecular formula is C14H19F2N3O3. The van der Waals surface area contributed by atoms with Crippen LogP contribution < -0.4 is 10.2 Å². The lowest BCUT2D eigenvalue weighted by atomic mass is 10.2. The summed E-state index contributed by atoms with van der Waals surface area (Å²) < 4.78 is 33.2. The highest BCUT2D eigenvalue weighted by atomic mass is 19.1. The van der Waals surface area contributed by atoms with Crippen LogP contribution in [0, 0.1) is 11.6 Å². The van der Waals surface area contributed by atoms with Gasteiger partial charge in [0.05, 0.1) is 6.61 Å². The van der Waals surface area contributed by atoms with Crippen molar-refractivity contribution in [3.05, 3.63) is 23.8 Å². The Morgan fingerprint density at radius 2 is 1.86 bits per heavy atom. The number of methoxy groups -OCH3 is 1. The van der Waals surface area contributed by atoms with Gasteiger partial charge in [-0.2, -0.15) is 0 Å². The number of amides is 1. The molecule has 0 bridgehead atoms. The van der Waals surface area contributed by atoms with E-state index in [2.05, 4.69) is 5.32 Å². The first-order valence-electron chi connectivity index (χ1n) is 6.97. The van der Waals surface area contributed by atoms with Gasteiger partial charge in [0, 0.05) is 45.5 Å². The minimum atomic E-state index is -1.02. The lowest BCUT2D eigenvalue weighted by Crippen LogP contribution is -2.48. The molecule has 2 rings (SSSR count). The van der Waals surface area contributed by atoms with Gasteiger partial charge >= 0.3 is 6.09 Å². The van der Waals surface area contributed by atoms with E-state index >= 15 is 0 Å². The highest BCUT2D eigenvalue weighted by molar-refractivity contribution is 5.66. The van der Waals surface area contributed by atoms with E-state index < -0.39 is 17.7 Å². The van der Waals surface area contributed by atoms with Crippen LogP contribution in [0.15, 0.2) is 12.1 Å². The number of carbonyl (C=O) groups is 1. The minimum absolute atomic E-state index is 0.109. The topological polar surface area (TPSA) is 65.0 Å². The SMILES string of the molecule is COCCNc1cc(F)c(N2CCN(C(=O)O)CC2)c(F)c1. The summed E-state index contributed by atoms with van der Waals surface area (Å²) in [7, 11) is 1.54. The number of nitrogens with zero attached hydrogens (tertiary/aromatic N) is 2. The van der Waals surface area contributed by atoms with Gasteiger partial charge < -0.3 is 25.0 Å². The first-order chi connectivity index (χ1) is 10.5. The summed E-state index contributed by atoms with van der Waals surface area (Å²) >= 11 is 0. The summed E-state index contributed by atoms with van der Waals surface area (Å²) in [6, 6.07) is 2.47. The Balaban J connectivity index is 2.07. The Kier molecular flexibility index (Phi) is 5.37. The number of halogens is 2. The standard InChI is InChI=1S/C14H19F2N3O3/c1-22-7-2-17-10-8-11(15)13(12(16)9-10)18-3-5-19(6-4-18)14(20)21/h8-9,17H,2-7H2,1H3,(H,20,21). The maximum Gasteiger partial charge on any atom is 0.407 e. The van der Waals surface area contributed by atoms with E-state index in [1.807, 2.05) is 0 Å². The number of carboxylic acid groups (broad SMARTS) is 1. The highest BCUT2D eigenvalue weighted by Gasteiger charge is 2.24. The van der Waals surface area contributed by atoms with Crippen LogP contribution in [0.5, 0.6) is 0 Å². The third kappa shape index (κ3) is 3.76. The van der Waals surface area contributed by atoms with Crippen molar-refractivity contribution < 1.29 is 23.4 Å². The van der Waals surface area contributed by atoms with E-state index in [4.69, 9.17) is 9.84 Å². The summed E-state index contributed by atoms with van der Waals surface area (Å²) in [5, 5.41) is 11.8. The predicted molar refractivity (Wildman–Crippen MR) is 78.5 cm³/mol. The number of anilines is 2. The Morgan fingerprint density at radius 1 is 1.27 bits per heavy atom. The van der Waals surface area contributed by atoms with Gasteiger partial charge in [-0.25, -0.2) is 13.6 Å². The van der Waals surface area contributed by atoms with Crippen molar-refractivity contribution in [3.63, 3.8) is 0 Å². The number of ether oxygens (including phenoxy) is 1. The van der Waals surface area contributed by atoms with Crippen LogP contribution in [0.1, 0.15) is 0 Å². The molecule has 1 saturated heterocycles. The first-order valence-corrected chi connectivity index (χ1v) is 6.97. The third-order valence-electron chi connectivity index (χ3n) is 3.52. The van der Waals surface area contributed by atoms with Crippen molar-refractivity contribution in [1.82, 2.24) is 4.90 Å². The van der Waals surface area contributed by atoms with Gasteiger partial charge in [0.1, 0.15) is 5.69 Å². The number of piperazine rings is 1. The molecule has 0 unspecified atom stereocenters. The van der Waals surface area contributed by atoms with Gasteiger partial charge in [-0.15, -0.1) is 0 Å². The zero-order valence-electron chi connectivity index (χ0n) is 12.3. The molecule has 1 aromatic rings. The number of rotatable bonds is 5. The fraction of sp³-hybridized carbons (Fsp3) is 0.500. The van der Waals surface area contributed by atoms with Gasteiger partial charge in [-0.05, 0) is 12.1 Å². The summed E-state index contributed by atoms with van der Waals surface area (Å²) in [6.07, 6.45) is -1.02. The third-order valence-corrected chi connectivity index (χ3v) is 3.52. The Hall–Kier alpha value is -2.09. The molecule has 2 N–H and O–H groups in total. The second kappa shape index (κ2) is 7.26. The number of hydrogen-bond donors (Lipinski definition) is 2. The van der Waals surface area contributed by atoms with E-state index in [0.29, 0.717) is 18.8 Å². The molecule has 6 nitrogen and oxygen atoms in total. The molecule has 0 atom stereocenters. The van der Waals surface area contributed by atoms with Crippen LogP contribution in [-0.2, 0) is 4.74 Å². The summed E-state index contributed by atoms with van der Waals surface area (Å²) in [6.45, 7) is 1.85. The average molecular weight is 315 g/mol. The van der Waals surface area contributed by atoms with Gasteiger partial charge in [-0.1, -0.05) is 0 Å². The van der Waals surface area contributed by atoms with E-state index in [0.717, 1.165) is 0 Å². The maximum atomic E-state index is 14.2. The molecule has 1 amide bonds. The molecule has 22 heavy (non-hydrogen) atoms. The molecule has 0 aromatic heterocycles. The van der Waals surface area contributed by atoms with Gasteiger partial charge in [0.25, 0.3) is 0 Å². The van der Waals surface area contributed by atoms with Crippen molar-refractivity contribution in [1.29, 1.82) is 0 Å². The lowest BCUT2D eigenvalue weighted by molar-refractivity contribution is 0.142. The van der Waals surface area contributed by atoms with Gasteiger partial charge in [-0.3, -0.25) is 0 Å². The second-order valence-corrected chi connectivity index (χ2v) is 4.96. The Morgan fingerprint density at radius 3 is 2.36 bits per heavy atom. The molecule has 0 radical (unpaired) electrons. The molecule has 0 saturated carbocycles. The number of nitrogens with one attached hydrogen (secondary N) is 1. The van der Waals surface area contributed by atoms with Gasteiger partial charge in [0.2, 0.25) is 0 Å². The van der Waals surface area contributed by atoms with Crippen molar-refractivity contribution in [3.8, 4) is 0 Å². The highest BCUT2D eigenvalue weighted by Crippen LogP contribution is 2.28. The lowest BCUT2D eigenvalue weighted by Gasteiger charge is -2.35. The van der Waals surface area contributed by atoms with E-state index in [-0.39, 0.29) is 31.9 Å². The molecule has 1 aromatic carbocycles. The second-order valence-electron chi connectivity index (χ2n) is 4.96. The van der Waals surface area contributed by atoms with E-state index in [1.165, 1.54) is 21.9 Å². The first kappa shape index (κ1) is 16.3. The van der Waals surface area contributed by atoms with Crippen molar-refractivity contribution in [2.24, 2.45) is 0 Å². The molecular weight excluding hydrogens is 296 g/mol. The van der Waals surface area contributed by atoms with Gasteiger partial charge in [0.15, 0.2) is 11.6 Å². The van der Waals surface area contributed by atoms with E-state index in [9.17, 15) is 13.6 Å². The van der Waals surface area contributed by atoms with Crippen LogP contribution >= 0.6 is 0 Å². The molecule has 1 fully saturated rings. The normalized spacial score (nSPS) is 15.0. The van der Waals surface area contributed by atoms with Crippen LogP contribution in [0.25, 0.3) is 0 Å². The molecule has 1 aliphatic heterocycles. The van der Waals surface area contributed by atoms with Crippen LogP contribution in [0.2, 0.25) is 0 Å². The van der Waals surface area contributed by atoms with Crippen LogP contribution in [0.4, 0.5) is 25.0 Å². The van der Waals surface area contributed by atoms with Crippen LogP contribution in [0.3, 0.4) is 0 Å². The monoisotopic (exact) mass is 315 g/mol. The minimum Gasteiger partial charge on any atom is -0.465 e. The van der Waals surface area contributed by atoms with Crippen molar-refractivity contribution >= 4 is 17.5 Å². The van der Waals surface area contributed by atoms with Crippen LogP contribution in [-0.4, -0.2) is 62.5 Å². The predicted octanol–water partition coefficient (Wildman–Crippen LogP) is 1.82. The molecule has 122 valence electrons. The molecule has 0 spiro atoms. The molecule has 0 aliphatic carbocycles. The largest absolute Gasteiger partial charge is 0.465 e. The fourth-order valence-corrected chi connectivity index (χ4v) is 2.39. The summed E-state index contributed by atoms with van der Waals surface area (Å²) in [4.78, 5) is 13.6. The molecule has 8 heteroatoms. The fourth-order valence-electron chi connectivity index (χ4n) is 2.39. The Labute approximate surface area is 127 Å². The van der Waals surface area contributed by atoms with Crippen molar-refractivity contribution in [2.45, 2.75) is 0 Å². The average Bonchev–Trinajstić information content (AvgIpc) is 2.47. The van der Waals surface area contributed by atoms with E-state index in [1.54, 1.807) is 7.11 Å². The smallest absolute Gasteiger partial charge is 0.407 e. The summed E-state index contributed by atoms with van der Waals surface area (Å²) in [5.41, 5.74) is 0.238. The molecule has 1 aliphatic rings.